The van der Waals surface area contributed by atoms with Crippen molar-refractivity contribution in [3.63, 3.8) is 0 Å². The normalized spacial score (nSPS) is 15.3. The number of allylic oxidation sites excluding steroid dienone is 18. The van der Waals surface area contributed by atoms with Gasteiger partial charge in [-0.3, -0.25) is 18.6 Å². The predicted octanol–water partition coefficient (Wildman–Crippen LogP) is 11.1. The maximum absolute atomic E-state index is 12.7. The molecule has 0 aliphatic heterocycles. The van der Waals surface area contributed by atoms with Crippen molar-refractivity contribution in [2.45, 2.75) is 122 Å². The summed E-state index contributed by atoms with van der Waals surface area (Å²) in [6, 6.07) is 0. The number of aliphatic hydroxyl groups excluding tert-OH is 1. The molecule has 0 heterocycles. The Labute approximate surface area is 357 Å². The Hall–Kier alpha value is -3.63. The first-order chi connectivity index (χ1) is 28.4. The fourth-order valence-electron chi connectivity index (χ4n) is 4.75. The Kier molecular flexibility index (Phi) is 36.2. The molecule has 2 N–H and O–H groups in total. The van der Waals surface area contributed by atoms with E-state index in [1.807, 2.05) is 82.8 Å². The van der Waals surface area contributed by atoms with Crippen LogP contribution < -0.4 is 0 Å². The van der Waals surface area contributed by atoms with Gasteiger partial charge in [0, 0.05) is 12.8 Å². The van der Waals surface area contributed by atoms with Crippen LogP contribution in [0.3, 0.4) is 0 Å². The van der Waals surface area contributed by atoms with E-state index in [2.05, 4.69) is 73.8 Å². The lowest BCUT2D eigenvalue weighted by Crippen LogP contribution is -2.37. The second-order valence-corrected chi connectivity index (χ2v) is 16.3. The van der Waals surface area contributed by atoms with E-state index in [-0.39, 0.29) is 26.1 Å². The number of aliphatic hydroxyl groups is 1. The van der Waals surface area contributed by atoms with E-state index in [0.29, 0.717) is 43.1 Å². The number of ether oxygens (including phenoxy) is 2. The third kappa shape index (κ3) is 42.3. The van der Waals surface area contributed by atoms with Gasteiger partial charge in [0.25, 0.3) is 0 Å². The number of rotatable bonds is 36. The summed E-state index contributed by atoms with van der Waals surface area (Å²) in [5, 5.41) is 9.77. The Bertz CT molecular complexity index is 1430. The zero-order chi connectivity index (χ0) is 43.7. The SMILES string of the molecule is CC/C=C\C/C=C\C/C=C\C/C=C\C/C=C\CCCC(=O)O[C@H](COC(=O)CCC/C=C\C/C=C\C/C=C\C=C\CC(O)/C=C\CC)COP(=O)(O)OCC[N+](C)(C)C. The highest BCUT2D eigenvalue weighted by Crippen LogP contribution is 2.43. The molecule has 0 fully saturated rings. The van der Waals surface area contributed by atoms with Crippen molar-refractivity contribution >= 4 is 19.8 Å². The topological polar surface area (TPSA) is 129 Å². The number of likely N-dealkylation sites (N-methyl/N-ethyl adjacent to an activating group) is 1. The lowest BCUT2D eigenvalue weighted by Gasteiger charge is -2.24. The largest absolute Gasteiger partial charge is 0.472 e. The van der Waals surface area contributed by atoms with Crippen molar-refractivity contribution in [2.75, 3.05) is 47.5 Å². The van der Waals surface area contributed by atoms with Crippen LogP contribution in [0.4, 0.5) is 0 Å². The molecule has 3 atom stereocenters. The average molecular weight is 843 g/mol. The molecule has 0 spiro atoms. The van der Waals surface area contributed by atoms with Crippen LogP contribution in [0.1, 0.15) is 110 Å². The maximum atomic E-state index is 12.7. The van der Waals surface area contributed by atoms with E-state index < -0.39 is 38.6 Å². The van der Waals surface area contributed by atoms with Gasteiger partial charge in [-0.25, -0.2) is 4.57 Å². The molecule has 2 unspecified atom stereocenters. The molecule has 0 bridgehead atoms. The first-order valence-corrected chi connectivity index (χ1v) is 22.9. The summed E-state index contributed by atoms with van der Waals surface area (Å²) < 4.78 is 34.1. The number of phosphoric ester groups is 1. The van der Waals surface area contributed by atoms with Gasteiger partial charge in [-0.1, -0.05) is 135 Å². The maximum Gasteiger partial charge on any atom is 0.472 e. The second kappa shape index (κ2) is 38.6. The highest BCUT2D eigenvalue weighted by molar-refractivity contribution is 7.47. The van der Waals surface area contributed by atoms with Crippen LogP contribution in [0.15, 0.2) is 122 Å². The van der Waals surface area contributed by atoms with Gasteiger partial charge in [-0.2, -0.15) is 0 Å². The minimum atomic E-state index is -4.42. The van der Waals surface area contributed by atoms with Gasteiger partial charge in [0.15, 0.2) is 6.10 Å². The molecule has 0 amide bonds. The van der Waals surface area contributed by atoms with Crippen molar-refractivity contribution in [1.29, 1.82) is 0 Å². The summed E-state index contributed by atoms with van der Waals surface area (Å²) >= 11 is 0. The van der Waals surface area contributed by atoms with Gasteiger partial charge in [0.1, 0.15) is 19.8 Å². The first-order valence-electron chi connectivity index (χ1n) is 21.4. The summed E-state index contributed by atoms with van der Waals surface area (Å²) in [7, 11) is 1.36. The van der Waals surface area contributed by atoms with E-state index in [0.717, 1.165) is 51.4 Å². The lowest BCUT2D eigenvalue weighted by atomic mass is 10.2. The summed E-state index contributed by atoms with van der Waals surface area (Å²) in [5.41, 5.74) is 0. The Morgan fingerprint density at radius 3 is 1.61 bits per heavy atom. The van der Waals surface area contributed by atoms with Gasteiger partial charge < -0.3 is 24.0 Å². The standard InChI is InChI=1S/C48H76NO9P/c1-6-8-10-11-12-13-14-15-16-17-18-19-24-27-30-33-36-40-48(52)58-46(44-57-59(53,54)56-42-41-49(3,4)5)43-55-47(51)39-35-32-29-26-23-21-20-22-25-28-31-34-38-45(50)37-9-7-2/h8-10,12-13,15-16,18-21,25-31,34,37,45-46,50H,6-7,11,14,17,22-24,32-33,35-36,38-44H2,1-5H3/p+1/b10-8-,13-12-,16-15-,19-18-,21-20-,28-25-,29-26-,30-27-,34-31+,37-9-/t45?,46-/m1/s1. The molecule has 0 rings (SSSR count). The van der Waals surface area contributed by atoms with Crippen LogP contribution in [0.2, 0.25) is 0 Å². The van der Waals surface area contributed by atoms with Crippen LogP contribution in [0.25, 0.3) is 0 Å². The van der Waals surface area contributed by atoms with Gasteiger partial charge in [-0.05, 0) is 83.5 Å². The van der Waals surface area contributed by atoms with Gasteiger partial charge >= 0.3 is 19.8 Å². The van der Waals surface area contributed by atoms with Gasteiger partial charge in [-0.15, -0.1) is 0 Å². The highest BCUT2D eigenvalue weighted by Gasteiger charge is 2.27. The van der Waals surface area contributed by atoms with E-state index >= 15 is 0 Å². The molecule has 0 saturated carbocycles. The fraction of sp³-hybridized carbons (Fsp3) is 0.542. The van der Waals surface area contributed by atoms with Crippen molar-refractivity contribution in [2.24, 2.45) is 0 Å². The molecule has 0 saturated heterocycles. The summed E-state index contributed by atoms with van der Waals surface area (Å²) in [5.74, 6) is -0.976. The lowest BCUT2D eigenvalue weighted by molar-refractivity contribution is -0.870. The molecule has 0 aliphatic carbocycles. The minimum Gasteiger partial charge on any atom is -0.462 e. The smallest absolute Gasteiger partial charge is 0.462 e. The number of hydrogen-bond donors (Lipinski definition) is 2. The molecule has 11 heteroatoms. The Morgan fingerprint density at radius 2 is 1.08 bits per heavy atom. The van der Waals surface area contributed by atoms with Crippen LogP contribution in [0, 0.1) is 0 Å². The zero-order valence-electron chi connectivity index (χ0n) is 36.8. The molecule has 0 aliphatic rings. The van der Waals surface area contributed by atoms with Crippen LogP contribution in [0.5, 0.6) is 0 Å². The van der Waals surface area contributed by atoms with Crippen LogP contribution in [-0.2, 0) is 32.7 Å². The van der Waals surface area contributed by atoms with Crippen molar-refractivity contribution < 1.29 is 47.2 Å². The summed E-state index contributed by atoms with van der Waals surface area (Å²) in [6.07, 6.45) is 50.4. The van der Waals surface area contributed by atoms with Crippen molar-refractivity contribution in [1.82, 2.24) is 0 Å². The van der Waals surface area contributed by atoms with Crippen molar-refractivity contribution in [3.05, 3.63) is 122 Å². The third-order valence-electron chi connectivity index (χ3n) is 8.06. The monoisotopic (exact) mass is 843 g/mol. The predicted molar refractivity (Wildman–Crippen MR) is 243 cm³/mol. The molecule has 0 aromatic carbocycles. The fourth-order valence-corrected chi connectivity index (χ4v) is 5.49. The van der Waals surface area contributed by atoms with E-state index in [1.165, 1.54) is 0 Å². The van der Waals surface area contributed by atoms with Crippen LogP contribution >= 0.6 is 7.82 Å². The van der Waals surface area contributed by atoms with E-state index in [4.69, 9.17) is 18.5 Å². The number of quaternary nitrogens is 1. The second-order valence-electron chi connectivity index (χ2n) is 14.8. The average Bonchev–Trinajstić information content (AvgIpc) is 3.18. The number of phosphoric acid groups is 1. The van der Waals surface area contributed by atoms with Crippen LogP contribution in [-0.4, -0.2) is 86.1 Å². The molecule has 10 nitrogen and oxygen atoms in total. The molecule has 332 valence electrons. The number of carbonyl (C=O) groups excluding carboxylic acids is 2. The number of esters is 2. The number of carbonyl (C=O) groups is 2. The highest BCUT2D eigenvalue weighted by atomic mass is 31.2. The zero-order valence-corrected chi connectivity index (χ0v) is 37.7. The van der Waals surface area contributed by atoms with E-state index in [9.17, 15) is 24.2 Å². The molecule has 0 aromatic rings. The minimum absolute atomic E-state index is 0.00273. The Morgan fingerprint density at radius 1 is 0.610 bits per heavy atom. The van der Waals surface area contributed by atoms with Gasteiger partial charge in [0.2, 0.25) is 0 Å². The summed E-state index contributed by atoms with van der Waals surface area (Å²) in [4.78, 5) is 35.3. The number of unbranched alkanes of at least 4 members (excludes halogenated alkanes) is 2. The van der Waals surface area contributed by atoms with Crippen molar-refractivity contribution in [3.8, 4) is 0 Å². The first kappa shape index (κ1) is 55.4. The summed E-state index contributed by atoms with van der Waals surface area (Å²) in [6.45, 7) is 3.88. The molecule has 0 aromatic heterocycles. The van der Waals surface area contributed by atoms with E-state index in [1.54, 1.807) is 0 Å². The number of hydrogen-bond acceptors (Lipinski definition) is 8. The molecular formula is C48H77NO9P+. The molecule has 59 heavy (non-hydrogen) atoms. The van der Waals surface area contributed by atoms with Gasteiger partial charge in [0.05, 0.1) is 33.9 Å². The third-order valence-corrected chi connectivity index (χ3v) is 9.05. The Balaban J connectivity index is 4.63. The molecular weight excluding hydrogens is 766 g/mol. The molecule has 0 radical (unpaired) electrons. The quantitative estimate of drug-likeness (QED) is 0.0158. The number of nitrogens with zero attached hydrogens (tertiary/aromatic N) is 1.